The highest BCUT2D eigenvalue weighted by atomic mass is 32.2. The molecule has 1 saturated heterocycles. The molecule has 8 nitrogen and oxygen atoms in total. The number of hydrogen-bond acceptors (Lipinski definition) is 5. The Morgan fingerprint density at radius 3 is 2.64 bits per heavy atom. The van der Waals surface area contributed by atoms with Crippen molar-refractivity contribution in [3.05, 3.63) is 12.0 Å². The predicted octanol–water partition coefficient (Wildman–Crippen LogP) is 0.581. The molecule has 0 saturated carbocycles. The Labute approximate surface area is 130 Å². The molecule has 0 aliphatic carbocycles. The van der Waals surface area contributed by atoms with E-state index >= 15 is 0 Å². The van der Waals surface area contributed by atoms with Crippen molar-refractivity contribution < 1.29 is 17.9 Å². The van der Waals surface area contributed by atoms with Gasteiger partial charge in [0, 0.05) is 39.4 Å². The Morgan fingerprint density at radius 1 is 1.32 bits per heavy atom. The quantitative estimate of drug-likeness (QED) is 0.809. The monoisotopic (exact) mass is 330 g/mol. The minimum atomic E-state index is -3.63. The lowest BCUT2D eigenvalue weighted by molar-refractivity contribution is 0.109. The molecule has 1 aliphatic heterocycles. The molecule has 0 radical (unpaired) electrons. The normalized spacial score (nSPS) is 17.3. The number of aryl methyl sites for hydroxylation is 2. The van der Waals surface area contributed by atoms with Gasteiger partial charge in [0.05, 0.1) is 6.61 Å². The van der Waals surface area contributed by atoms with Gasteiger partial charge < -0.3 is 14.2 Å². The fourth-order valence-electron chi connectivity index (χ4n) is 2.31. The van der Waals surface area contributed by atoms with E-state index in [4.69, 9.17) is 4.74 Å². The summed E-state index contributed by atoms with van der Waals surface area (Å²) in [4.78, 5) is 17.4. The number of sulfonamides is 1. The van der Waals surface area contributed by atoms with Gasteiger partial charge in [0.1, 0.15) is 5.82 Å². The third-order valence-corrected chi connectivity index (χ3v) is 5.44. The van der Waals surface area contributed by atoms with E-state index in [-0.39, 0.29) is 11.6 Å². The van der Waals surface area contributed by atoms with Crippen LogP contribution in [0, 0.1) is 6.92 Å². The molecule has 1 aromatic rings. The first-order valence-corrected chi connectivity index (χ1v) is 8.72. The summed E-state index contributed by atoms with van der Waals surface area (Å²) >= 11 is 0. The van der Waals surface area contributed by atoms with Crippen LogP contribution in [0.5, 0.6) is 0 Å². The molecular weight excluding hydrogens is 308 g/mol. The third-order valence-electron chi connectivity index (χ3n) is 3.67. The Morgan fingerprint density at radius 2 is 2.05 bits per heavy atom. The van der Waals surface area contributed by atoms with Gasteiger partial charge in [0.15, 0.2) is 5.03 Å². The maximum Gasteiger partial charge on any atom is 0.409 e. The average Bonchev–Trinajstić information content (AvgIpc) is 2.69. The van der Waals surface area contributed by atoms with Crippen LogP contribution in [0.25, 0.3) is 0 Å². The number of imidazole rings is 1. The molecule has 1 aliphatic rings. The van der Waals surface area contributed by atoms with Crippen molar-refractivity contribution in [3.63, 3.8) is 0 Å². The predicted molar refractivity (Wildman–Crippen MR) is 79.9 cm³/mol. The number of carbonyl (C=O) groups excluding carboxylic acids is 1. The van der Waals surface area contributed by atoms with Crippen LogP contribution >= 0.6 is 0 Å². The first-order chi connectivity index (χ1) is 10.4. The van der Waals surface area contributed by atoms with Gasteiger partial charge in [-0.25, -0.2) is 18.2 Å². The lowest BCUT2D eigenvalue weighted by atomic mass is 10.4. The molecular formula is C13H22N4O4S. The summed E-state index contributed by atoms with van der Waals surface area (Å²) in [5.41, 5.74) is 0. The number of rotatable bonds is 3. The van der Waals surface area contributed by atoms with Crippen molar-refractivity contribution in [2.45, 2.75) is 25.3 Å². The molecule has 1 fully saturated rings. The molecule has 0 N–H and O–H groups in total. The average molecular weight is 330 g/mol. The fraction of sp³-hybridized carbons (Fsp3) is 0.692. The molecule has 0 unspecified atom stereocenters. The highest BCUT2D eigenvalue weighted by Gasteiger charge is 2.30. The van der Waals surface area contributed by atoms with Crippen molar-refractivity contribution in [3.8, 4) is 0 Å². The number of nitrogens with zero attached hydrogens (tertiary/aromatic N) is 4. The smallest absolute Gasteiger partial charge is 0.409 e. The van der Waals surface area contributed by atoms with E-state index < -0.39 is 16.1 Å². The molecule has 1 aromatic heterocycles. The topological polar surface area (TPSA) is 84.7 Å². The van der Waals surface area contributed by atoms with E-state index in [2.05, 4.69) is 4.98 Å². The standard InChI is InChI=1S/C13H22N4O4S/c1-4-21-13(18)16-6-5-7-17(9-8-16)22(19,20)12-10-15(3)11(2)14-12/h10H,4-9H2,1-3H3. The lowest BCUT2D eigenvalue weighted by Crippen LogP contribution is -2.37. The molecule has 9 heteroatoms. The van der Waals surface area contributed by atoms with Gasteiger partial charge in [0.2, 0.25) is 0 Å². The zero-order valence-electron chi connectivity index (χ0n) is 13.2. The van der Waals surface area contributed by atoms with Crippen molar-refractivity contribution in [1.29, 1.82) is 0 Å². The van der Waals surface area contributed by atoms with Crippen LogP contribution in [0.3, 0.4) is 0 Å². The zero-order valence-corrected chi connectivity index (χ0v) is 14.0. The first kappa shape index (κ1) is 16.8. The SMILES string of the molecule is CCOC(=O)N1CCCN(S(=O)(=O)c2cn(C)c(C)n2)CC1. The summed E-state index contributed by atoms with van der Waals surface area (Å²) in [6.07, 6.45) is 1.69. The summed E-state index contributed by atoms with van der Waals surface area (Å²) < 4.78 is 33.3. The molecule has 0 atom stereocenters. The van der Waals surface area contributed by atoms with E-state index in [0.717, 1.165) is 0 Å². The first-order valence-electron chi connectivity index (χ1n) is 7.28. The van der Waals surface area contributed by atoms with Crippen LogP contribution in [-0.4, -0.2) is 66.1 Å². The lowest BCUT2D eigenvalue weighted by Gasteiger charge is -2.20. The van der Waals surface area contributed by atoms with Crippen molar-refractivity contribution >= 4 is 16.1 Å². The van der Waals surface area contributed by atoms with Crippen molar-refractivity contribution in [2.75, 3.05) is 32.8 Å². The highest BCUT2D eigenvalue weighted by molar-refractivity contribution is 7.89. The molecule has 1 amide bonds. The van der Waals surface area contributed by atoms with Crippen LogP contribution in [0.15, 0.2) is 11.2 Å². The summed E-state index contributed by atoms with van der Waals surface area (Å²) in [7, 11) is -1.87. The van der Waals surface area contributed by atoms with Crippen LogP contribution in [-0.2, 0) is 21.8 Å². The van der Waals surface area contributed by atoms with Gasteiger partial charge in [-0.3, -0.25) is 0 Å². The molecule has 0 aromatic carbocycles. The second-order valence-electron chi connectivity index (χ2n) is 5.18. The Hall–Kier alpha value is -1.61. The van der Waals surface area contributed by atoms with Gasteiger partial charge in [0.25, 0.3) is 10.0 Å². The Kier molecular flexibility index (Phi) is 5.07. The fourth-order valence-corrected chi connectivity index (χ4v) is 3.81. The van der Waals surface area contributed by atoms with Gasteiger partial charge in [-0.15, -0.1) is 0 Å². The molecule has 124 valence electrons. The number of carbonyl (C=O) groups is 1. The summed E-state index contributed by atoms with van der Waals surface area (Å²) in [5, 5.41) is 0.0529. The second-order valence-corrected chi connectivity index (χ2v) is 7.07. The second kappa shape index (κ2) is 6.66. The minimum Gasteiger partial charge on any atom is -0.450 e. The van der Waals surface area contributed by atoms with E-state index in [1.165, 1.54) is 10.5 Å². The van der Waals surface area contributed by atoms with Gasteiger partial charge >= 0.3 is 6.09 Å². The van der Waals surface area contributed by atoms with Crippen LogP contribution in [0.4, 0.5) is 4.79 Å². The van der Waals surface area contributed by atoms with Crippen molar-refractivity contribution in [1.82, 2.24) is 18.8 Å². The minimum absolute atomic E-state index is 0.0529. The van der Waals surface area contributed by atoms with E-state index in [9.17, 15) is 13.2 Å². The summed E-state index contributed by atoms with van der Waals surface area (Å²) in [6, 6.07) is 0. The number of amides is 1. The number of aromatic nitrogens is 2. The number of hydrogen-bond donors (Lipinski definition) is 0. The molecule has 22 heavy (non-hydrogen) atoms. The Bertz CT molecular complexity index is 621. The van der Waals surface area contributed by atoms with Crippen LogP contribution < -0.4 is 0 Å². The van der Waals surface area contributed by atoms with Crippen LogP contribution in [0.1, 0.15) is 19.2 Å². The molecule has 0 bridgehead atoms. The Balaban J connectivity index is 2.11. The summed E-state index contributed by atoms with van der Waals surface area (Å²) in [5.74, 6) is 0.640. The van der Waals surface area contributed by atoms with E-state index in [1.807, 2.05) is 0 Å². The van der Waals surface area contributed by atoms with E-state index in [1.54, 1.807) is 30.4 Å². The van der Waals surface area contributed by atoms with Crippen LogP contribution in [0.2, 0.25) is 0 Å². The molecule has 2 rings (SSSR count). The van der Waals surface area contributed by atoms with Gasteiger partial charge in [-0.05, 0) is 20.3 Å². The third kappa shape index (κ3) is 3.41. The molecule has 2 heterocycles. The largest absolute Gasteiger partial charge is 0.450 e. The van der Waals surface area contributed by atoms with Gasteiger partial charge in [-0.2, -0.15) is 4.31 Å². The molecule has 0 spiro atoms. The maximum absolute atomic E-state index is 12.6. The van der Waals surface area contributed by atoms with Crippen molar-refractivity contribution in [2.24, 2.45) is 7.05 Å². The number of ether oxygens (including phenoxy) is 1. The maximum atomic E-state index is 12.6. The van der Waals surface area contributed by atoms with Gasteiger partial charge in [-0.1, -0.05) is 0 Å². The highest BCUT2D eigenvalue weighted by Crippen LogP contribution is 2.17. The summed E-state index contributed by atoms with van der Waals surface area (Å²) in [6.45, 7) is 5.24. The zero-order chi connectivity index (χ0) is 16.3. The van der Waals surface area contributed by atoms with E-state index in [0.29, 0.717) is 38.5 Å².